The highest BCUT2D eigenvalue weighted by molar-refractivity contribution is 6.04. The number of hydrogen-bond acceptors (Lipinski definition) is 4. The van der Waals surface area contributed by atoms with Crippen molar-refractivity contribution in [2.45, 2.75) is 44.9 Å². The lowest BCUT2D eigenvalue weighted by atomic mass is 9.91. The van der Waals surface area contributed by atoms with Gasteiger partial charge in [0.05, 0.1) is 17.1 Å². The lowest BCUT2D eigenvalue weighted by Gasteiger charge is -2.22. The lowest BCUT2D eigenvalue weighted by Crippen LogP contribution is -2.19. The van der Waals surface area contributed by atoms with Crippen LogP contribution in [0.2, 0.25) is 0 Å². The van der Waals surface area contributed by atoms with Crippen LogP contribution in [-0.4, -0.2) is 15.9 Å². The molecule has 1 amide bonds. The number of nitrogens with one attached hydrogen (secondary N) is 1. The van der Waals surface area contributed by atoms with E-state index in [9.17, 15) is 4.79 Å². The first kappa shape index (κ1) is 18.8. The molecule has 2 aliphatic rings. The summed E-state index contributed by atoms with van der Waals surface area (Å²) in [4.78, 5) is 22.8. The van der Waals surface area contributed by atoms with Gasteiger partial charge in [0, 0.05) is 16.8 Å². The number of aryl methyl sites for hydroxylation is 2. The van der Waals surface area contributed by atoms with E-state index in [1.165, 1.54) is 31.2 Å². The van der Waals surface area contributed by atoms with Crippen LogP contribution in [0, 0.1) is 5.92 Å². The van der Waals surface area contributed by atoms with Crippen molar-refractivity contribution in [2.75, 3.05) is 11.1 Å². The quantitative estimate of drug-likeness (QED) is 0.618. The molecule has 1 aromatic heterocycles. The molecule has 30 heavy (non-hydrogen) atoms. The second-order valence-electron chi connectivity index (χ2n) is 8.41. The Morgan fingerprint density at radius 2 is 1.83 bits per heavy atom. The second kappa shape index (κ2) is 7.90. The van der Waals surface area contributed by atoms with Crippen molar-refractivity contribution in [3.05, 3.63) is 71.0 Å². The average Bonchev–Trinajstić information content (AvgIpc) is 3.27. The van der Waals surface area contributed by atoms with Gasteiger partial charge in [-0.2, -0.15) is 0 Å². The number of nitrogens with two attached hydrogens (primary N) is 1. The predicted octanol–water partition coefficient (Wildman–Crippen LogP) is 4.81. The summed E-state index contributed by atoms with van der Waals surface area (Å²) in [6.07, 6.45) is 7.53. The van der Waals surface area contributed by atoms with Crippen molar-refractivity contribution in [2.24, 2.45) is 5.92 Å². The van der Waals surface area contributed by atoms with E-state index in [4.69, 9.17) is 15.7 Å². The van der Waals surface area contributed by atoms with E-state index in [1.807, 2.05) is 42.5 Å². The van der Waals surface area contributed by atoms with Crippen LogP contribution in [-0.2, 0) is 19.3 Å². The smallest absolute Gasteiger partial charge is 0.256 e. The van der Waals surface area contributed by atoms with E-state index in [0.29, 0.717) is 17.3 Å². The van der Waals surface area contributed by atoms with Gasteiger partial charge in [-0.1, -0.05) is 49.9 Å². The number of rotatable bonds is 4. The van der Waals surface area contributed by atoms with Crippen molar-refractivity contribution in [3.63, 3.8) is 0 Å². The Kier molecular flexibility index (Phi) is 4.95. The van der Waals surface area contributed by atoms with E-state index in [0.717, 1.165) is 47.6 Å². The maximum atomic E-state index is 12.8. The highest BCUT2D eigenvalue weighted by atomic mass is 16.1. The molecule has 0 atom stereocenters. The number of anilines is 2. The van der Waals surface area contributed by atoms with Gasteiger partial charge >= 0.3 is 0 Å². The third-order valence-corrected chi connectivity index (χ3v) is 6.28. The van der Waals surface area contributed by atoms with E-state index in [1.54, 1.807) is 0 Å². The fourth-order valence-corrected chi connectivity index (χ4v) is 4.70. The van der Waals surface area contributed by atoms with E-state index >= 15 is 0 Å². The third kappa shape index (κ3) is 3.67. The molecule has 2 aliphatic carbocycles. The minimum absolute atomic E-state index is 0.137. The number of fused-ring (bicyclic) bond motifs is 3. The Labute approximate surface area is 176 Å². The molecule has 1 fully saturated rings. The maximum Gasteiger partial charge on any atom is 0.256 e. The number of carbonyl (C=O) groups excluding carboxylic acids is 1. The molecule has 5 heteroatoms. The summed E-state index contributed by atoms with van der Waals surface area (Å²) in [5.41, 5.74) is 12.5. The Balaban J connectivity index is 1.54. The molecule has 2 aromatic carbocycles. The summed E-state index contributed by atoms with van der Waals surface area (Å²) in [6, 6.07) is 15.3. The first-order valence-electron chi connectivity index (χ1n) is 10.8. The monoisotopic (exact) mass is 398 g/mol. The minimum atomic E-state index is -0.137. The average molecular weight is 399 g/mol. The first-order valence-corrected chi connectivity index (χ1v) is 10.8. The van der Waals surface area contributed by atoms with Crippen LogP contribution in [0.5, 0.6) is 0 Å². The van der Waals surface area contributed by atoms with Crippen LogP contribution in [0.25, 0.3) is 11.3 Å². The van der Waals surface area contributed by atoms with Gasteiger partial charge in [-0.25, -0.2) is 9.97 Å². The molecule has 5 rings (SSSR count). The second-order valence-corrected chi connectivity index (χ2v) is 8.41. The summed E-state index contributed by atoms with van der Waals surface area (Å²) < 4.78 is 0. The first-order chi connectivity index (χ1) is 14.7. The largest absolute Gasteiger partial charge is 0.399 e. The molecule has 0 aliphatic heterocycles. The van der Waals surface area contributed by atoms with Crippen LogP contribution in [0.3, 0.4) is 0 Å². The number of aromatic nitrogens is 2. The Morgan fingerprint density at radius 1 is 1.03 bits per heavy atom. The SMILES string of the molecule is Nc1ccc2c(c1)CCc1nc(NC(=O)c3ccccc3)c(CC3CCCC3)nc1-2. The van der Waals surface area contributed by atoms with Gasteiger partial charge in [0.2, 0.25) is 0 Å². The van der Waals surface area contributed by atoms with Gasteiger partial charge in [-0.05, 0) is 55.0 Å². The van der Waals surface area contributed by atoms with Gasteiger partial charge in [-0.15, -0.1) is 0 Å². The zero-order valence-electron chi connectivity index (χ0n) is 17.0. The molecule has 5 nitrogen and oxygen atoms in total. The van der Waals surface area contributed by atoms with Crippen LogP contribution >= 0.6 is 0 Å². The number of nitrogen functional groups attached to an aromatic ring is 1. The van der Waals surface area contributed by atoms with Gasteiger partial charge in [-0.3, -0.25) is 4.79 Å². The van der Waals surface area contributed by atoms with Crippen molar-refractivity contribution in [3.8, 4) is 11.3 Å². The normalized spacial score (nSPS) is 15.5. The van der Waals surface area contributed by atoms with Crippen LogP contribution in [0.1, 0.15) is 53.0 Å². The Hall–Kier alpha value is -3.21. The van der Waals surface area contributed by atoms with E-state index in [2.05, 4.69) is 11.4 Å². The van der Waals surface area contributed by atoms with E-state index < -0.39 is 0 Å². The molecule has 0 bridgehead atoms. The standard InChI is InChI=1S/C25H26N4O/c26-19-11-12-20-18(15-19)10-13-21-23(20)27-22(14-16-6-4-5-7-16)24(28-21)29-25(30)17-8-2-1-3-9-17/h1-3,8-9,11-12,15-16H,4-7,10,13-14,26H2,(H,28,29,30). The zero-order valence-corrected chi connectivity index (χ0v) is 17.0. The molecule has 0 saturated heterocycles. The minimum Gasteiger partial charge on any atom is -0.399 e. The molecule has 3 aromatic rings. The fraction of sp³-hybridized carbons (Fsp3) is 0.320. The molecule has 0 unspecified atom stereocenters. The molecule has 1 heterocycles. The van der Waals surface area contributed by atoms with Crippen LogP contribution < -0.4 is 11.1 Å². The molecular weight excluding hydrogens is 372 g/mol. The summed E-state index contributed by atoms with van der Waals surface area (Å²) in [5, 5.41) is 3.05. The molecule has 152 valence electrons. The van der Waals surface area contributed by atoms with Crippen LogP contribution in [0.4, 0.5) is 11.5 Å². The number of carbonyl (C=O) groups is 1. The molecule has 1 saturated carbocycles. The lowest BCUT2D eigenvalue weighted by molar-refractivity contribution is 0.102. The number of hydrogen-bond donors (Lipinski definition) is 2. The van der Waals surface area contributed by atoms with Gasteiger partial charge in [0.15, 0.2) is 5.82 Å². The van der Waals surface area contributed by atoms with Gasteiger partial charge in [0.1, 0.15) is 0 Å². The highest BCUT2D eigenvalue weighted by Crippen LogP contribution is 2.36. The number of amides is 1. The predicted molar refractivity (Wildman–Crippen MR) is 119 cm³/mol. The Bertz CT molecular complexity index is 1090. The van der Waals surface area contributed by atoms with Gasteiger partial charge < -0.3 is 11.1 Å². The topological polar surface area (TPSA) is 80.9 Å². The maximum absolute atomic E-state index is 12.8. The number of nitrogens with zero attached hydrogens (tertiary/aromatic N) is 2. The highest BCUT2D eigenvalue weighted by Gasteiger charge is 2.25. The molecule has 0 spiro atoms. The van der Waals surface area contributed by atoms with Gasteiger partial charge in [0.25, 0.3) is 5.91 Å². The summed E-state index contributed by atoms with van der Waals surface area (Å²) in [7, 11) is 0. The number of benzene rings is 2. The third-order valence-electron chi connectivity index (χ3n) is 6.28. The zero-order chi connectivity index (χ0) is 20.5. The molecule has 0 radical (unpaired) electrons. The van der Waals surface area contributed by atoms with Crippen molar-refractivity contribution >= 4 is 17.4 Å². The summed E-state index contributed by atoms with van der Waals surface area (Å²) in [6.45, 7) is 0. The van der Waals surface area contributed by atoms with E-state index in [-0.39, 0.29) is 5.91 Å². The van der Waals surface area contributed by atoms with Crippen LogP contribution in [0.15, 0.2) is 48.5 Å². The van der Waals surface area contributed by atoms with Crippen molar-refractivity contribution in [1.29, 1.82) is 0 Å². The summed E-state index contributed by atoms with van der Waals surface area (Å²) >= 11 is 0. The Morgan fingerprint density at radius 3 is 2.63 bits per heavy atom. The molecular formula is C25H26N4O. The van der Waals surface area contributed by atoms with Crippen molar-refractivity contribution in [1.82, 2.24) is 9.97 Å². The fourth-order valence-electron chi connectivity index (χ4n) is 4.70. The van der Waals surface area contributed by atoms with Crippen molar-refractivity contribution < 1.29 is 4.79 Å². The molecule has 3 N–H and O–H groups in total. The summed E-state index contributed by atoms with van der Waals surface area (Å²) in [5.74, 6) is 1.09.